The van der Waals surface area contributed by atoms with Crippen molar-refractivity contribution in [1.82, 2.24) is 5.32 Å². The Kier molecular flexibility index (Phi) is 5.28. The van der Waals surface area contributed by atoms with Crippen LogP contribution in [0.25, 0.3) is 0 Å². The van der Waals surface area contributed by atoms with Crippen molar-refractivity contribution >= 4 is 0 Å². The Morgan fingerprint density at radius 3 is 2.43 bits per heavy atom. The fraction of sp³-hybridized carbons (Fsp3) is 0.294. The van der Waals surface area contributed by atoms with Crippen LogP contribution < -0.4 is 10.1 Å². The fourth-order valence-corrected chi connectivity index (χ4v) is 2.13. The van der Waals surface area contributed by atoms with Gasteiger partial charge in [0.05, 0.1) is 7.11 Å². The monoisotopic (exact) mass is 291 g/mol. The Labute approximate surface area is 123 Å². The summed E-state index contributed by atoms with van der Waals surface area (Å²) in [6, 6.07) is 11.4. The van der Waals surface area contributed by atoms with Crippen LogP contribution in [0, 0.1) is 11.6 Å². The SMILES string of the molecule is COc1ccc(CNC(C)Cc2ccc(F)cc2)c(F)c1. The zero-order valence-corrected chi connectivity index (χ0v) is 12.2. The fourth-order valence-electron chi connectivity index (χ4n) is 2.13. The maximum Gasteiger partial charge on any atom is 0.131 e. The predicted molar refractivity (Wildman–Crippen MR) is 79.4 cm³/mol. The molecule has 1 unspecified atom stereocenters. The van der Waals surface area contributed by atoms with Crippen LogP contribution in [0.4, 0.5) is 8.78 Å². The summed E-state index contributed by atoms with van der Waals surface area (Å²) in [5, 5.41) is 3.27. The summed E-state index contributed by atoms with van der Waals surface area (Å²) in [7, 11) is 1.51. The van der Waals surface area contributed by atoms with Gasteiger partial charge in [-0.15, -0.1) is 0 Å². The lowest BCUT2D eigenvalue weighted by atomic mass is 10.1. The highest BCUT2D eigenvalue weighted by Gasteiger charge is 2.07. The van der Waals surface area contributed by atoms with E-state index in [1.165, 1.54) is 25.3 Å². The number of hydrogen-bond donors (Lipinski definition) is 1. The number of benzene rings is 2. The molecule has 2 rings (SSSR count). The summed E-state index contributed by atoms with van der Waals surface area (Å²) >= 11 is 0. The number of methoxy groups -OCH3 is 1. The molecule has 0 bridgehead atoms. The molecule has 4 heteroatoms. The molecule has 0 saturated carbocycles. The lowest BCUT2D eigenvalue weighted by Gasteiger charge is -2.14. The quantitative estimate of drug-likeness (QED) is 0.876. The van der Waals surface area contributed by atoms with E-state index in [9.17, 15) is 8.78 Å². The highest BCUT2D eigenvalue weighted by Crippen LogP contribution is 2.16. The van der Waals surface area contributed by atoms with Crippen LogP contribution in [0.3, 0.4) is 0 Å². The minimum absolute atomic E-state index is 0.164. The highest BCUT2D eigenvalue weighted by molar-refractivity contribution is 5.28. The molecule has 0 aromatic heterocycles. The van der Waals surface area contributed by atoms with Gasteiger partial charge in [-0.3, -0.25) is 0 Å². The van der Waals surface area contributed by atoms with E-state index in [-0.39, 0.29) is 17.7 Å². The topological polar surface area (TPSA) is 21.3 Å². The van der Waals surface area contributed by atoms with Gasteiger partial charge in [-0.2, -0.15) is 0 Å². The number of nitrogens with one attached hydrogen (secondary N) is 1. The van der Waals surface area contributed by atoms with E-state index in [1.54, 1.807) is 24.3 Å². The highest BCUT2D eigenvalue weighted by atomic mass is 19.1. The first kappa shape index (κ1) is 15.4. The van der Waals surface area contributed by atoms with Crippen molar-refractivity contribution in [2.45, 2.75) is 25.9 Å². The van der Waals surface area contributed by atoms with Crippen LogP contribution in [-0.2, 0) is 13.0 Å². The van der Waals surface area contributed by atoms with Gasteiger partial charge in [0.2, 0.25) is 0 Å². The lowest BCUT2D eigenvalue weighted by molar-refractivity contribution is 0.410. The van der Waals surface area contributed by atoms with Crippen LogP contribution >= 0.6 is 0 Å². The van der Waals surface area contributed by atoms with Gasteiger partial charge in [-0.25, -0.2) is 8.78 Å². The van der Waals surface area contributed by atoms with Crippen molar-refractivity contribution in [3.8, 4) is 5.75 Å². The first-order valence-electron chi connectivity index (χ1n) is 6.88. The number of hydrogen-bond acceptors (Lipinski definition) is 2. The zero-order valence-electron chi connectivity index (χ0n) is 12.2. The molecule has 0 heterocycles. The maximum atomic E-state index is 13.8. The Morgan fingerprint density at radius 1 is 1.10 bits per heavy atom. The average molecular weight is 291 g/mol. The first-order chi connectivity index (χ1) is 10.1. The molecule has 0 fully saturated rings. The van der Waals surface area contributed by atoms with Gasteiger partial charge in [0, 0.05) is 24.2 Å². The summed E-state index contributed by atoms with van der Waals surface area (Å²) < 4.78 is 31.6. The molecule has 0 aliphatic heterocycles. The molecule has 0 radical (unpaired) electrons. The third-order valence-electron chi connectivity index (χ3n) is 3.36. The molecular weight excluding hydrogens is 272 g/mol. The van der Waals surface area contributed by atoms with Crippen molar-refractivity contribution in [2.75, 3.05) is 7.11 Å². The van der Waals surface area contributed by atoms with Gasteiger partial charge in [-0.1, -0.05) is 18.2 Å². The van der Waals surface area contributed by atoms with Crippen molar-refractivity contribution in [3.05, 3.63) is 65.2 Å². The molecule has 2 nitrogen and oxygen atoms in total. The van der Waals surface area contributed by atoms with Crippen molar-refractivity contribution < 1.29 is 13.5 Å². The molecule has 0 aliphatic carbocycles. The normalized spacial score (nSPS) is 12.2. The van der Waals surface area contributed by atoms with Gasteiger partial charge >= 0.3 is 0 Å². The second-order valence-electron chi connectivity index (χ2n) is 5.07. The number of ether oxygens (including phenoxy) is 1. The molecule has 0 spiro atoms. The van der Waals surface area contributed by atoms with E-state index < -0.39 is 0 Å². The van der Waals surface area contributed by atoms with E-state index in [4.69, 9.17) is 4.74 Å². The van der Waals surface area contributed by atoms with Crippen LogP contribution in [0.2, 0.25) is 0 Å². The molecule has 2 aromatic carbocycles. The van der Waals surface area contributed by atoms with E-state index >= 15 is 0 Å². The number of halogens is 2. The molecule has 1 atom stereocenters. The standard InChI is InChI=1S/C17H19F2NO/c1-12(9-13-3-6-15(18)7-4-13)20-11-14-5-8-16(21-2)10-17(14)19/h3-8,10,12,20H,9,11H2,1-2H3. The minimum Gasteiger partial charge on any atom is -0.497 e. The lowest BCUT2D eigenvalue weighted by Crippen LogP contribution is -2.27. The largest absolute Gasteiger partial charge is 0.497 e. The second kappa shape index (κ2) is 7.18. The molecular formula is C17H19F2NO. The summed E-state index contributed by atoms with van der Waals surface area (Å²) in [5.74, 6) is -0.00823. The Hall–Kier alpha value is -1.94. The van der Waals surface area contributed by atoms with E-state index in [0.29, 0.717) is 17.9 Å². The third-order valence-corrected chi connectivity index (χ3v) is 3.36. The molecule has 112 valence electrons. The zero-order chi connectivity index (χ0) is 15.2. The predicted octanol–water partition coefficient (Wildman–Crippen LogP) is 3.69. The van der Waals surface area contributed by atoms with E-state index in [2.05, 4.69) is 5.32 Å². The summed E-state index contributed by atoms with van der Waals surface area (Å²) in [6.45, 7) is 2.46. The summed E-state index contributed by atoms with van der Waals surface area (Å²) in [5.41, 5.74) is 1.65. The summed E-state index contributed by atoms with van der Waals surface area (Å²) in [6.07, 6.45) is 0.762. The minimum atomic E-state index is -0.282. The molecule has 1 N–H and O–H groups in total. The molecule has 21 heavy (non-hydrogen) atoms. The Balaban J connectivity index is 1.89. The van der Waals surface area contributed by atoms with Crippen molar-refractivity contribution in [1.29, 1.82) is 0 Å². The van der Waals surface area contributed by atoms with Gasteiger partial charge in [-0.05, 0) is 37.1 Å². The van der Waals surface area contributed by atoms with Crippen LogP contribution in [0.5, 0.6) is 5.75 Å². The molecule has 0 amide bonds. The summed E-state index contributed by atoms with van der Waals surface area (Å²) in [4.78, 5) is 0. The first-order valence-corrected chi connectivity index (χ1v) is 6.88. The second-order valence-corrected chi connectivity index (χ2v) is 5.07. The van der Waals surface area contributed by atoms with E-state index in [0.717, 1.165) is 12.0 Å². The van der Waals surface area contributed by atoms with Crippen molar-refractivity contribution in [2.24, 2.45) is 0 Å². The third kappa shape index (κ3) is 4.53. The van der Waals surface area contributed by atoms with E-state index in [1.807, 2.05) is 6.92 Å². The Morgan fingerprint density at radius 2 is 1.81 bits per heavy atom. The average Bonchev–Trinajstić information content (AvgIpc) is 2.48. The maximum absolute atomic E-state index is 13.8. The molecule has 0 saturated heterocycles. The van der Waals surface area contributed by atoms with Gasteiger partial charge in [0.1, 0.15) is 17.4 Å². The molecule has 2 aromatic rings. The van der Waals surface area contributed by atoms with Gasteiger partial charge in [0.15, 0.2) is 0 Å². The molecule has 0 aliphatic rings. The number of rotatable bonds is 6. The van der Waals surface area contributed by atoms with Crippen molar-refractivity contribution in [3.63, 3.8) is 0 Å². The van der Waals surface area contributed by atoms with Crippen LogP contribution in [-0.4, -0.2) is 13.2 Å². The Bertz CT molecular complexity index is 584. The van der Waals surface area contributed by atoms with Gasteiger partial charge in [0.25, 0.3) is 0 Å². The van der Waals surface area contributed by atoms with Crippen LogP contribution in [0.15, 0.2) is 42.5 Å². The van der Waals surface area contributed by atoms with Crippen LogP contribution in [0.1, 0.15) is 18.1 Å². The van der Waals surface area contributed by atoms with Gasteiger partial charge < -0.3 is 10.1 Å². The smallest absolute Gasteiger partial charge is 0.131 e.